The van der Waals surface area contributed by atoms with E-state index in [1.165, 1.54) is 60.7 Å². The number of amides is 1. The van der Waals surface area contributed by atoms with Gasteiger partial charge in [0.25, 0.3) is 0 Å². The van der Waals surface area contributed by atoms with Gasteiger partial charge in [0.15, 0.2) is 0 Å². The van der Waals surface area contributed by atoms with Crippen LogP contribution in [0.2, 0.25) is 0 Å². The molecule has 0 aromatic heterocycles. The van der Waals surface area contributed by atoms with Gasteiger partial charge in [-0.15, -0.1) is 0 Å². The summed E-state index contributed by atoms with van der Waals surface area (Å²) in [5, 5.41) is 8.87. The van der Waals surface area contributed by atoms with E-state index in [1.54, 1.807) is 0 Å². The first-order valence-corrected chi connectivity index (χ1v) is 11.8. The van der Waals surface area contributed by atoms with Crippen molar-refractivity contribution in [1.29, 1.82) is 5.26 Å². The van der Waals surface area contributed by atoms with E-state index in [-0.39, 0.29) is 10.8 Å². The molecule has 7 nitrogen and oxygen atoms in total. The van der Waals surface area contributed by atoms with Crippen LogP contribution in [0.1, 0.15) is 37.7 Å². The van der Waals surface area contributed by atoms with Crippen molar-refractivity contribution in [2.45, 2.75) is 37.0 Å². The molecule has 1 aromatic rings. The molecule has 0 atom stereocenters. The number of benzene rings is 1. The van der Waals surface area contributed by atoms with Crippen LogP contribution >= 0.6 is 0 Å². The highest BCUT2D eigenvalue weighted by atomic mass is 32.2. The lowest BCUT2D eigenvalue weighted by Crippen LogP contribution is -2.51. The van der Waals surface area contributed by atoms with Crippen LogP contribution in [-0.4, -0.2) is 74.7 Å². The van der Waals surface area contributed by atoms with E-state index in [4.69, 9.17) is 5.26 Å². The Morgan fingerprint density at radius 3 is 2.31 bits per heavy atom. The molecule has 2 fully saturated rings. The minimum Gasteiger partial charge on any atom is -0.344 e. The molecule has 0 radical (unpaired) electrons. The van der Waals surface area contributed by atoms with Gasteiger partial charge in [-0.1, -0.05) is 19.3 Å². The molecule has 1 aromatic carbocycles. The molecule has 1 aliphatic heterocycles. The molecule has 0 bridgehead atoms. The van der Waals surface area contributed by atoms with E-state index in [2.05, 4.69) is 0 Å². The number of rotatable bonds is 6. The molecule has 8 heteroatoms. The van der Waals surface area contributed by atoms with Gasteiger partial charge in [0.2, 0.25) is 15.9 Å². The largest absolute Gasteiger partial charge is 0.344 e. The second-order valence-electron chi connectivity index (χ2n) is 8.09. The van der Waals surface area contributed by atoms with Crippen LogP contribution in [0, 0.1) is 17.2 Å². The summed E-state index contributed by atoms with van der Waals surface area (Å²) in [6.07, 6.45) is 6.27. The smallest absolute Gasteiger partial charge is 0.243 e. The van der Waals surface area contributed by atoms with Crippen molar-refractivity contribution in [2.24, 2.45) is 5.92 Å². The average molecular weight is 419 g/mol. The maximum absolute atomic E-state index is 12.8. The highest BCUT2D eigenvalue weighted by Crippen LogP contribution is 2.24. The Morgan fingerprint density at radius 2 is 1.72 bits per heavy atom. The number of hydrogen-bond acceptors (Lipinski definition) is 5. The molecule has 0 spiro atoms. The Labute approximate surface area is 173 Å². The summed E-state index contributed by atoms with van der Waals surface area (Å²) in [7, 11) is -1.69. The van der Waals surface area contributed by atoms with Crippen molar-refractivity contribution in [3.8, 4) is 6.07 Å². The van der Waals surface area contributed by atoms with Crippen molar-refractivity contribution in [3.05, 3.63) is 29.8 Å². The summed E-state index contributed by atoms with van der Waals surface area (Å²) in [6, 6.07) is 7.98. The van der Waals surface area contributed by atoms with E-state index < -0.39 is 10.0 Å². The monoisotopic (exact) mass is 418 g/mol. The number of carbonyl (C=O) groups excluding carboxylic acids is 1. The van der Waals surface area contributed by atoms with Crippen molar-refractivity contribution < 1.29 is 13.2 Å². The number of sulfonamides is 1. The van der Waals surface area contributed by atoms with E-state index in [9.17, 15) is 13.2 Å². The van der Waals surface area contributed by atoms with Crippen molar-refractivity contribution in [1.82, 2.24) is 14.1 Å². The zero-order chi connectivity index (χ0) is 20.9. The lowest BCUT2D eigenvalue weighted by atomic mass is 9.89. The lowest BCUT2D eigenvalue weighted by molar-refractivity contribution is -0.132. The average Bonchev–Trinajstić information content (AvgIpc) is 2.75. The second kappa shape index (κ2) is 9.70. The topological polar surface area (TPSA) is 84.7 Å². The zero-order valence-corrected chi connectivity index (χ0v) is 17.9. The molecule has 1 amide bonds. The van der Waals surface area contributed by atoms with E-state index in [0.717, 1.165) is 6.54 Å². The Morgan fingerprint density at radius 1 is 1.10 bits per heavy atom. The van der Waals surface area contributed by atoms with E-state index in [1.807, 2.05) is 22.9 Å². The number of carbonyl (C=O) groups is 1. The normalized spacial score (nSPS) is 19.6. The lowest BCUT2D eigenvalue weighted by Gasteiger charge is -2.35. The van der Waals surface area contributed by atoms with Gasteiger partial charge in [-0.25, -0.2) is 8.42 Å². The first-order valence-electron chi connectivity index (χ1n) is 10.4. The third-order valence-corrected chi connectivity index (χ3v) is 7.91. The van der Waals surface area contributed by atoms with Crippen molar-refractivity contribution in [3.63, 3.8) is 0 Å². The molecule has 0 N–H and O–H groups in total. The van der Waals surface area contributed by atoms with Crippen LogP contribution in [-0.2, 0) is 14.8 Å². The minimum absolute atomic E-state index is 0.110. The standard InChI is InChI=1S/C21H30N4O3S/c1-23(16-19-5-3-2-4-6-19)21(26)17-24-11-13-25(14-12-24)29(27,28)20-9-7-18(15-22)8-10-20/h7-10,19H,2-6,11-14,16-17H2,1H3. The maximum Gasteiger partial charge on any atom is 0.243 e. The Bertz CT molecular complexity index is 834. The van der Waals surface area contributed by atoms with Gasteiger partial charge in [-0.05, 0) is 43.0 Å². The molecule has 0 unspecified atom stereocenters. The van der Waals surface area contributed by atoms with Gasteiger partial charge in [0.05, 0.1) is 23.1 Å². The first-order chi connectivity index (χ1) is 13.9. The van der Waals surface area contributed by atoms with Crippen LogP contribution < -0.4 is 0 Å². The molecule has 1 saturated heterocycles. The van der Waals surface area contributed by atoms with Gasteiger partial charge >= 0.3 is 0 Å². The molecular formula is C21H30N4O3S. The summed E-state index contributed by atoms with van der Waals surface area (Å²) in [4.78, 5) is 16.6. The van der Waals surface area contributed by atoms with Crippen LogP contribution in [0.3, 0.4) is 0 Å². The van der Waals surface area contributed by atoms with E-state index in [0.29, 0.717) is 44.2 Å². The van der Waals surface area contributed by atoms with E-state index >= 15 is 0 Å². The van der Waals surface area contributed by atoms with Crippen LogP contribution in [0.15, 0.2) is 29.2 Å². The van der Waals surface area contributed by atoms with Gasteiger partial charge in [0.1, 0.15) is 0 Å². The number of piperazine rings is 1. The van der Waals surface area contributed by atoms with Crippen molar-refractivity contribution >= 4 is 15.9 Å². The Hall–Kier alpha value is -1.95. The Kier molecular flexibility index (Phi) is 7.28. The predicted octanol–water partition coefficient (Wildman–Crippen LogP) is 1.90. The van der Waals surface area contributed by atoms with Gasteiger partial charge in [-0.3, -0.25) is 9.69 Å². The van der Waals surface area contributed by atoms with Crippen LogP contribution in [0.5, 0.6) is 0 Å². The fraction of sp³-hybridized carbons (Fsp3) is 0.619. The van der Waals surface area contributed by atoms with Gasteiger partial charge in [0, 0.05) is 39.8 Å². The van der Waals surface area contributed by atoms with Gasteiger partial charge < -0.3 is 4.90 Å². The predicted molar refractivity (Wildman–Crippen MR) is 111 cm³/mol. The fourth-order valence-corrected chi connectivity index (χ4v) is 5.57. The summed E-state index contributed by atoms with van der Waals surface area (Å²) < 4.78 is 27.0. The fourth-order valence-electron chi connectivity index (χ4n) is 4.15. The maximum atomic E-state index is 12.8. The number of likely N-dealkylation sites (N-methyl/N-ethyl adjacent to an activating group) is 1. The molecule has 1 heterocycles. The summed E-state index contributed by atoms with van der Waals surface area (Å²) in [5.41, 5.74) is 0.435. The Balaban J connectivity index is 1.49. The number of nitriles is 1. The quantitative estimate of drug-likeness (QED) is 0.704. The zero-order valence-electron chi connectivity index (χ0n) is 17.1. The molecule has 1 aliphatic carbocycles. The second-order valence-corrected chi connectivity index (χ2v) is 10.0. The first kappa shape index (κ1) is 21.8. The third-order valence-electron chi connectivity index (χ3n) is 5.99. The number of hydrogen-bond donors (Lipinski definition) is 0. The summed E-state index contributed by atoms with van der Waals surface area (Å²) in [5.74, 6) is 0.728. The molecule has 29 heavy (non-hydrogen) atoms. The number of nitrogens with zero attached hydrogens (tertiary/aromatic N) is 4. The minimum atomic E-state index is -3.57. The SMILES string of the molecule is CN(CC1CCCCC1)C(=O)CN1CCN(S(=O)(=O)c2ccc(C#N)cc2)CC1. The molecule has 3 rings (SSSR count). The van der Waals surface area contributed by atoms with Crippen LogP contribution in [0.25, 0.3) is 0 Å². The molecule has 1 saturated carbocycles. The highest BCUT2D eigenvalue weighted by Gasteiger charge is 2.29. The molecule has 2 aliphatic rings. The third kappa shape index (κ3) is 5.56. The molecule has 158 valence electrons. The summed E-state index contributed by atoms with van der Waals surface area (Å²) in [6.45, 7) is 2.97. The highest BCUT2D eigenvalue weighted by molar-refractivity contribution is 7.89. The summed E-state index contributed by atoms with van der Waals surface area (Å²) >= 11 is 0. The van der Waals surface area contributed by atoms with Gasteiger partial charge in [-0.2, -0.15) is 9.57 Å². The van der Waals surface area contributed by atoms with Crippen LogP contribution in [0.4, 0.5) is 0 Å². The van der Waals surface area contributed by atoms with Crippen molar-refractivity contribution in [2.75, 3.05) is 46.3 Å². The molecular weight excluding hydrogens is 388 g/mol.